The molecule has 98 valence electrons. The molecule has 0 rings (SSSR count). The fourth-order valence-corrected chi connectivity index (χ4v) is 1.69. The first-order valence-corrected chi connectivity index (χ1v) is 5.67. The Morgan fingerprint density at radius 1 is 1.41 bits per heavy atom. The molecule has 0 radical (unpaired) electrons. The molecule has 0 aromatic rings. The smallest absolute Gasteiger partial charge is 0.320 e. The van der Waals surface area contributed by atoms with Crippen LogP contribution < -0.4 is 0 Å². The molecule has 0 fully saturated rings. The number of likely N-dealkylation sites (N-methyl/N-ethyl adjacent to an activating group) is 1. The summed E-state index contributed by atoms with van der Waals surface area (Å²) in [5.74, 6) is -0.897. The molecule has 0 bridgehead atoms. The van der Waals surface area contributed by atoms with Gasteiger partial charge in [0.2, 0.25) is 0 Å². The SMILES string of the molecule is C=C(C)CN(C)C(=O)N(CC)C(C)CC(=O)O. The Hall–Kier alpha value is -1.52. The molecule has 5 nitrogen and oxygen atoms in total. The minimum Gasteiger partial charge on any atom is -0.481 e. The van der Waals surface area contributed by atoms with Crippen molar-refractivity contribution in [1.29, 1.82) is 0 Å². The normalized spacial score (nSPS) is 11.8. The van der Waals surface area contributed by atoms with E-state index in [-0.39, 0.29) is 18.5 Å². The fourth-order valence-electron chi connectivity index (χ4n) is 1.69. The zero-order valence-corrected chi connectivity index (χ0v) is 11.1. The van der Waals surface area contributed by atoms with Crippen LogP contribution in [0.3, 0.4) is 0 Å². The highest BCUT2D eigenvalue weighted by Gasteiger charge is 2.23. The van der Waals surface area contributed by atoms with Gasteiger partial charge in [-0.1, -0.05) is 12.2 Å². The van der Waals surface area contributed by atoms with Crippen LogP contribution in [0.5, 0.6) is 0 Å². The van der Waals surface area contributed by atoms with Crippen molar-refractivity contribution in [3.8, 4) is 0 Å². The molecule has 0 saturated carbocycles. The average Bonchev–Trinajstić information content (AvgIpc) is 2.16. The largest absolute Gasteiger partial charge is 0.481 e. The van der Waals surface area contributed by atoms with Gasteiger partial charge >= 0.3 is 12.0 Å². The van der Waals surface area contributed by atoms with Crippen molar-refractivity contribution in [2.75, 3.05) is 20.1 Å². The summed E-state index contributed by atoms with van der Waals surface area (Å²) in [7, 11) is 1.69. The van der Waals surface area contributed by atoms with Crippen LogP contribution >= 0.6 is 0 Å². The van der Waals surface area contributed by atoms with Crippen molar-refractivity contribution >= 4 is 12.0 Å². The Morgan fingerprint density at radius 3 is 2.29 bits per heavy atom. The second kappa shape index (κ2) is 6.93. The molecule has 1 atom stereocenters. The highest BCUT2D eigenvalue weighted by atomic mass is 16.4. The first-order valence-electron chi connectivity index (χ1n) is 5.67. The number of carboxylic acids is 1. The molecule has 0 spiro atoms. The fraction of sp³-hybridized carbons (Fsp3) is 0.667. The Labute approximate surface area is 103 Å². The summed E-state index contributed by atoms with van der Waals surface area (Å²) < 4.78 is 0. The molecule has 0 heterocycles. The third kappa shape index (κ3) is 5.38. The van der Waals surface area contributed by atoms with Crippen molar-refractivity contribution in [2.24, 2.45) is 0 Å². The number of urea groups is 1. The quantitative estimate of drug-likeness (QED) is 0.722. The van der Waals surface area contributed by atoms with Gasteiger partial charge in [-0.2, -0.15) is 0 Å². The molecule has 17 heavy (non-hydrogen) atoms. The van der Waals surface area contributed by atoms with E-state index in [4.69, 9.17) is 5.11 Å². The first-order chi connectivity index (χ1) is 7.79. The summed E-state index contributed by atoms with van der Waals surface area (Å²) in [4.78, 5) is 25.8. The van der Waals surface area contributed by atoms with Gasteiger partial charge in [0.15, 0.2) is 0 Å². The van der Waals surface area contributed by atoms with Crippen LogP contribution in [0.4, 0.5) is 4.79 Å². The monoisotopic (exact) mass is 242 g/mol. The minimum absolute atomic E-state index is 0.0412. The standard InChI is InChI=1S/C12H22N2O3/c1-6-14(10(4)7-11(15)16)12(17)13(5)8-9(2)3/h10H,2,6-8H2,1,3-5H3,(H,15,16). The summed E-state index contributed by atoms with van der Waals surface area (Å²) in [5, 5.41) is 8.73. The molecule has 0 saturated heterocycles. The van der Waals surface area contributed by atoms with E-state index in [0.29, 0.717) is 13.1 Å². The lowest BCUT2D eigenvalue weighted by Crippen LogP contribution is -2.46. The lowest BCUT2D eigenvalue weighted by molar-refractivity contribution is -0.138. The second-order valence-electron chi connectivity index (χ2n) is 4.33. The molecule has 1 N–H and O–H groups in total. The van der Waals surface area contributed by atoms with E-state index in [2.05, 4.69) is 6.58 Å². The number of hydrogen-bond acceptors (Lipinski definition) is 2. The molecule has 0 aromatic heterocycles. The van der Waals surface area contributed by atoms with Crippen LogP contribution in [0.1, 0.15) is 27.2 Å². The number of amides is 2. The molecule has 0 aromatic carbocycles. The number of carboxylic acid groups (broad SMARTS) is 1. The number of rotatable bonds is 6. The molecule has 0 aliphatic heterocycles. The maximum absolute atomic E-state index is 12.1. The third-order valence-electron chi connectivity index (χ3n) is 2.42. The zero-order chi connectivity index (χ0) is 13.6. The number of aliphatic carboxylic acids is 1. The van der Waals surface area contributed by atoms with Crippen LogP contribution in [0, 0.1) is 0 Å². The van der Waals surface area contributed by atoms with E-state index in [1.165, 1.54) is 0 Å². The predicted octanol–water partition coefficient (Wildman–Crippen LogP) is 1.80. The van der Waals surface area contributed by atoms with Gasteiger partial charge in [0, 0.05) is 26.2 Å². The molecule has 1 unspecified atom stereocenters. The Balaban J connectivity index is 4.58. The predicted molar refractivity (Wildman–Crippen MR) is 66.9 cm³/mol. The third-order valence-corrected chi connectivity index (χ3v) is 2.42. The molecular weight excluding hydrogens is 220 g/mol. The maximum atomic E-state index is 12.1. The van der Waals surface area contributed by atoms with E-state index < -0.39 is 5.97 Å². The van der Waals surface area contributed by atoms with Gasteiger partial charge in [-0.25, -0.2) is 4.79 Å². The summed E-state index contributed by atoms with van der Waals surface area (Å²) in [5.41, 5.74) is 0.891. The van der Waals surface area contributed by atoms with E-state index in [0.717, 1.165) is 5.57 Å². The molecule has 5 heteroatoms. The molecule has 0 aliphatic rings. The topological polar surface area (TPSA) is 60.9 Å². The van der Waals surface area contributed by atoms with Gasteiger partial charge in [-0.3, -0.25) is 4.79 Å². The van der Waals surface area contributed by atoms with E-state index in [1.807, 2.05) is 13.8 Å². The maximum Gasteiger partial charge on any atom is 0.320 e. The van der Waals surface area contributed by atoms with Crippen LogP contribution in [-0.2, 0) is 4.79 Å². The highest BCUT2D eigenvalue weighted by molar-refractivity contribution is 5.76. The van der Waals surface area contributed by atoms with Crippen LogP contribution in [0.25, 0.3) is 0 Å². The lowest BCUT2D eigenvalue weighted by Gasteiger charge is -2.31. The van der Waals surface area contributed by atoms with Crippen LogP contribution in [0.15, 0.2) is 12.2 Å². The lowest BCUT2D eigenvalue weighted by atomic mass is 10.2. The van der Waals surface area contributed by atoms with Crippen molar-refractivity contribution in [3.63, 3.8) is 0 Å². The van der Waals surface area contributed by atoms with E-state index in [9.17, 15) is 9.59 Å². The van der Waals surface area contributed by atoms with Gasteiger partial charge in [0.1, 0.15) is 0 Å². The van der Waals surface area contributed by atoms with Gasteiger partial charge in [-0.15, -0.1) is 0 Å². The Bertz CT molecular complexity index is 302. The van der Waals surface area contributed by atoms with Crippen molar-refractivity contribution in [3.05, 3.63) is 12.2 Å². The van der Waals surface area contributed by atoms with Crippen LogP contribution in [-0.4, -0.2) is 53.1 Å². The van der Waals surface area contributed by atoms with Crippen molar-refractivity contribution < 1.29 is 14.7 Å². The first kappa shape index (κ1) is 15.5. The molecule has 0 aliphatic carbocycles. The number of carbonyl (C=O) groups excluding carboxylic acids is 1. The van der Waals surface area contributed by atoms with E-state index in [1.54, 1.807) is 23.8 Å². The van der Waals surface area contributed by atoms with Gasteiger partial charge in [0.25, 0.3) is 0 Å². The van der Waals surface area contributed by atoms with Gasteiger partial charge in [0.05, 0.1) is 6.42 Å². The number of nitrogens with zero attached hydrogens (tertiary/aromatic N) is 2. The minimum atomic E-state index is -0.897. The molecule has 2 amide bonds. The Kier molecular flexibility index (Phi) is 6.31. The number of hydrogen-bond donors (Lipinski definition) is 1. The molecular formula is C12H22N2O3. The zero-order valence-electron chi connectivity index (χ0n) is 11.1. The average molecular weight is 242 g/mol. The summed E-state index contributed by atoms with van der Waals surface area (Å²) in [6, 6.07) is -0.471. The summed E-state index contributed by atoms with van der Waals surface area (Å²) >= 11 is 0. The highest BCUT2D eigenvalue weighted by Crippen LogP contribution is 2.08. The number of carbonyl (C=O) groups is 2. The summed E-state index contributed by atoms with van der Waals surface area (Å²) in [6.45, 7) is 10.2. The van der Waals surface area contributed by atoms with E-state index >= 15 is 0 Å². The van der Waals surface area contributed by atoms with Crippen molar-refractivity contribution in [2.45, 2.75) is 33.2 Å². The second-order valence-corrected chi connectivity index (χ2v) is 4.33. The summed E-state index contributed by atoms with van der Waals surface area (Å²) in [6.07, 6.45) is -0.0412. The Morgan fingerprint density at radius 2 is 1.94 bits per heavy atom. The van der Waals surface area contributed by atoms with Crippen molar-refractivity contribution in [1.82, 2.24) is 9.80 Å². The van der Waals surface area contributed by atoms with Gasteiger partial charge < -0.3 is 14.9 Å². The van der Waals surface area contributed by atoms with Crippen LogP contribution in [0.2, 0.25) is 0 Å². The van der Waals surface area contributed by atoms with Gasteiger partial charge in [-0.05, 0) is 20.8 Å².